The Morgan fingerprint density at radius 2 is 1.67 bits per heavy atom. The zero-order valence-electron chi connectivity index (χ0n) is 22.6. The van der Waals surface area contributed by atoms with Gasteiger partial charge in [-0.15, -0.1) is 0 Å². The highest BCUT2D eigenvalue weighted by atomic mass is 16.5. The number of hydrogen-bond acceptors (Lipinski definition) is 7. The number of aliphatic imine (C=N–C) groups is 2. The van der Waals surface area contributed by atoms with Gasteiger partial charge in [0.2, 0.25) is 0 Å². The molecule has 1 spiro atoms. The van der Waals surface area contributed by atoms with Crippen molar-refractivity contribution in [2.75, 3.05) is 19.8 Å². The molecular weight excluding hydrogens is 456 g/mol. The third kappa shape index (κ3) is 10.9. The molecule has 2 aliphatic rings. The molecule has 2 heterocycles. The van der Waals surface area contributed by atoms with Gasteiger partial charge in [-0.05, 0) is 32.1 Å². The molecule has 0 radical (unpaired) electrons. The van der Waals surface area contributed by atoms with Crippen LogP contribution in [0.4, 0.5) is 0 Å². The van der Waals surface area contributed by atoms with Gasteiger partial charge in [-0.1, -0.05) is 84.0 Å². The molecule has 2 rings (SSSR count). The van der Waals surface area contributed by atoms with Crippen molar-refractivity contribution in [2.24, 2.45) is 33.1 Å². The number of ether oxygens (including phenoxy) is 2. The maximum absolute atomic E-state index is 13.3. The van der Waals surface area contributed by atoms with Gasteiger partial charge in [0, 0.05) is 13.2 Å². The van der Waals surface area contributed by atoms with Crippen molar-refractivity contribution in [3.8, 4) is 0 Å². The van der Waals surface area contributed by atoms with Crippen molar-refractivity contribution < 1.29 is 14.3 Å². The molecule has 0 unspecified atom stereocenters. The number of esters is 1. The highest BCUT2D eigenvalue weighted by molar-refractivity contribution is 5.84. The van der Waals surface area contributed by atoms with E-state index in [1.165, 1.54) is 44.9 Å². The van der Waals surface area contributed by atoms with Crippen LogP contribution in [0.5, 0.6) is 0 Å². The lowest BCUT2D eigenvalue weighted by Gasteiger charge is -2.42. The normalized spacial score (nSPS) is 23.3. The minimum absolute atomic E-state index is 0.144. The number of unbranched alkanes of at least 4 members (excludes halogenated alkanes) is 12. The fourth-order valence-corrected chi connectivity index (χ4v) is 5.35. The number of nitrogens with one attached hydrogen (secondary N) is 1. The van der Waals surface area contributed by atoms with Crippen LogP contribution in [0, 0.1) is 5.92 Å². The van der Waals surface area contributed by atoms with Crippen molar-refractivity contribution in [1.82, 2.24) is 5.32 Å². The summed E-state index contributed by atoms with van der Waals surface area (Å²) < 4.78 is 11.9. The fourth-order valence-electron chi connectivity index (χ4n) is 5.35. The predicted molar refractivity (Wildman–Crippen MR) is 147 cm³/mol. The van der Waals surface area contributed by atoms with Gasteiger partial charge in [0.05, 0.1) is 12.6 Å². The summed E-state index contributed by atoms with van der Waals surface area (Å²) in [6.07, 6.45) is 18.8. The molecule has 3 atom stereocenters. The Morgan fingerprint density at radius 1 is 1.03 bits per heavy atom. The summed E-state index contributed by atoms with van der Waals surface area (Å²) in [4.78, 5) is 21.9. The number of hydrogen-bond donors (Lipinski definition) is 4. The molecule has 1 fully saturated rings. The second-order valence-corrected chi connectivity index (χ2v) is 10.4. The molecule has 36 heavy (non-hydrogen) atoms. The van der Waals surface area contributed by atoms with E-state index in [1.807, 2.05) is 0 Å². The van der Waals surface area contributed by atoms with Gasteiger partial charge in [0.25, 0.3) is 0 Å². The van der Waals surface area contributed by atoms with Crippen molar-refractivity contribution in [2.45, 2.75) is 128 Å². The van der Waals surface area contributed by atoms with Gasteiger partial charge in [0.15, 0.2) is 17.6 Å². The SMILES string of the molecule is CCCCCCCCCCC[C@@H]1N=C(N)N[C@@]2(CCCO2)[C@@H]1C(=O)OCCCCCCCN=C(N)N. The molecule has 9 nitrogen and oxygen atoms in total. The lowest BCUT2D eigenvalue weighted by atomic mass is 9.82. The van der Waals surface area contributed by atoms with Crippen molar-refractivity contribution in [3.63, 3.8) is 0 Å². The van der Waals surface area contributed by atoms with E-state index in [0.29, 0.717) is 25.7 Å². The smallest absolute Gasteiger partial charge is 0.316 e. The molecule has 1 saturated heterocycles. The van der Waals surface area contributed by atoms with Crippen LogP contribution in [0.25, 0.3) is 0 Å². The molecule has 0 aromatic carbocycles. The van der Waals surface area contributed by atoms with Crippen molar-refractivity contribution in [3.05, 3.63) is 0 Å². The van der Waals surface area contributed by atoms with Crippen LogP contribution in [0.15, 0.2) is 9.98 Å². The number of rotatable bonds is 19. The Labute approximate surface area is 218 Å². The van der Waals surface area contributed by atoms with E-state index < -0.39 is 11.6 Å². The van der Waals surface area contributed by atoms with Gasteiger partial charge in [-0.2, -0.15) is 0 Å². The average molecular weight is 509 g/mol. The fraction of sp³-hybridized carbons (Fsp3) is 0.889. The third-order valence-electron chi connectivity index (χ3n) is 7.28. The summed E-state index contributed by atoms with van der Waals surface area (Å²) >= 11 is 0. The molecule has 2 aliphatic heterocycles. The molecule has 0 saturated carbocycles. The van der Waals surface area contributed by atoms with Crippen LogP contribution in [0.3, 0.4) is 0 Å². The Bertz CT molecular complexity index is 674. The summed E-state index contributed by atoms with van der Waals surface area (Å²) in [6.45, 7) is 3.96. The van der Waals surface area contributed by atoms with Crippen molar-refractivity contribution >= 4 is 17.9 Å². The van der Waals surface area contributed by atoms with Crippen LogP contribution in [-0.2, 0) is 14.3 Å². The van der Waals surface area contributed by atoms with Crippen LogP contribution in [-0.4, -0.2) is 49.4 Å². The molecular formula is C27H52N6O3. The highest BCUT2D eigenvalue weighted by Crippen LogP contribution is 2.38. The lowest BCUT2D eigenvalue weighted by Crippen LogP contribution is -2.64. The van der Waals surface area contributed by atoms with Gasteiger partial charge in [0.1, 0.15) is 5.92 Å². The molecule has 0 bridgehead atoms. The minimum atomic E-state index is -0.780. The second-order valence-electron chi connectivity index (χ2n) is 10.4. The third-order valence-corrected chi connectivity index (χ3v) is 7.28. The maximum Gasteiger partial charge on any atom is 0.316 e. The molecule has 9 heteroatoms. The number of nitrogens with zero attached hydrogens (tertiary/aromatic N) is 2. The zero-order valence-corrected chi connectivity index (χ0v) is 22.6. The first kappa shape index (κ1) is 30.2. The zero-order chi connectivity index (χ0) is 26.1. The topological polar surface area (TPSA) is 150 Å². The number of carbonyl (C=O) groups is 1. The quantitative estimate of drug-likeness (QED) is 0.0888. The van der Waals surface area contributed by atoms with E-state index in [1.54, 1.807) is 0 Å². The maximum atomic E-state index is 13.3. The summed E-state index contributed by atoms with van der Waals surface area (Å²) in [5.74, 6) is -0.150. The molecule has 0 amide bonds. The molecule has 0 aliphatic carbocycles. The molecule has 0 aromatic heterocycles. The Morgan fingerprint density at radius 3 is 2.31 bits per heavy atom. The van der Waals surface area contributed by atoms with E-state index >= 15 is 0 Å². The molecule has 0 aromatic rings. The summed E-state index contributed by atoms with van der Waals surface area (Å²) in [7, 11) is 0. The van der Waals surface area contributed by atoms with Crippen LogP contribution in [0.2, 0.25) is 0 Å². The first-order chi connectivity index (χ1) is 17.5. The monoisotopic (exact) mass is 508 g/mol. The van der Waals surface area contributed by atoms with Gasteiger partial charge in [-0.25, -0.2) is 4.99 Å². The van der Waals surface area contributed by atoms with Crippen LogP contribution in [0.1, 0.15) is 116 Å². The number of carbonyl (C=O) groups excluding carboxylic acids is 1. The van der Waals surface area contributed by atoms with E-state index in [-0.39, 0.29) is 18.0 Å². The standard InChI is InChI=1S/C27H52N6O3/c1-2-3-4-5-6-7-8-10-13-17-22-23(27(18-16-21-36-27)33-26(30)32-22)24(34)35-20-15-12-9-11-14-19-31-25(28)29/h22-23H,2-21H2,1H3,(H4,28,29,31)(H3,30,32,33)/t22-,23-,27+/m0/s1. The Balaban J connectivity index is 1.76. The number of nitrogens with two attached hydrogens (primary N) is 3. The van der Waals surface area contributed by atoms with E-state index in [4.69, 9.17) is 26.7 Å². The first-order valence-corrected chi connectivity index (χ1v) is 14.5. The van der Waals surface area contributed by atoms with E-state index in [0.717, 1.165) is 64.2 Å². The Kier molecular flexibility index (Phi) is 14.6. The first-order valence-electron chi connectivity index (χ1n) is 14.5. The second kappa shape index (κ2) is 17.4. The lowest BCUT2D eigenvalue weighted by molar-refractivity contribution is -0.165. The van der Waals surface area contributed by atoms with Crippen molar-refractivity contribution in [1.29, 1.82) is 0 Å². The Hall–Kier alpha value is -2.03. The highest BCUT2D eigenvalue weighted by Gasteiger charge is 2.53. The average Bonchev–Trinajstić information content (AvgIpc) is 3.29. The summed E-state index contributed by atoms with van der Waals surface area (Å²) in [6, 6.07) is -0.197. The van der Waals surface area contributed by atoms with Crippen LogP contribution < -0.4 is 22.5 Å². The van der Waals surface area contributed by atoms with Gasteiger partial charge in [-0.3, -0.25) is 9.79 Å². The predicted octanol–water partition coefficient (Wildman–Crippen LogP) is 4.08. The van der Waals surface area contributed by atoms with E-state index in [9.17, 15) is 4.79 Å². The molecule has 208 valence electrons. The molecule has 7 N–H and O–H groups in total. The number of guanidine groups is 2. The van der Waals surface area contributed by atoms with Gasteiger partial charge >= 0.3 is 5.97 Å². The largest absolute Gasteiger partial charge is 0.465 e. The van der Waals surface area contributed by atoms with Gasteiger partial charge < -0.3 is 32.0 Å². The van der Waals surface area contributed by atoms with Crippen LogP contribution >= 0.6 is 0 Å². The summed E-state index contributed by atoms with van der Waals surface area (Å²) in [5, 5.41) is 3.20. The summed E-state index contributed by atoms with van der Waals surface area (Å²) in [5.41, 5.74) is 16.0. The van der Waals surface area contributed by atoms with E-state index in [2.05, 4.69) is 22.2 Å². The minimum Gasteiger partial charge on any atom is -0.465 e.